The zero-order valence-corrected chi connectivity index (χ0v) is 14.2. The smallest absolute Gasteiger partial charge is 0.254 e. The van der Waals surface area contributed by atoms with E-state index in [1.54, 1.807) is 17.9 Å². The molecule has 1 aliphatic heterocycles. The normalized spacial score (nSPS) is 22.4. The fourth-order valence-electron chi connectivity index (χ4n) is 2.97. The van der Waals surface area contributed by atoms with Gasteiger partial charge >= 0.3 is 0 Å². The van der Waals surface area contributed by atoms with Crippen LogP contribution in [0.5, 0.6) is 0 Å². The number of carbonyl (C=O) groups is 1. The van der Waals surface area contributed by atoms with E-state index < -0.39 is 10.0 Å². The molecule has 1 aromatic rings. The van der Waals surface area contributed by atoms with E-state index in [1.807, 2.05) is 14.1 Å². The summed E-state index contributed by atoms with van der Waals surface area (Å²) in [6.45, 7) is 5.22. The molecule has 6 nitrogen and oxygen atoms in total. The van der Waals surface area contributed by atoms with Gasteiger partial charge in [-0.2, -0.15) is 0 Å². The molecule has 0 bridgehead atoms. The van der Waals surface area contributed by atoms with E-state index in [2.05, 4.69) is 11.8 Å². The lowest BCUT2D eigenvalue weighted by Crippen LogP contribution is -2.36. The maximum atomic E-state index is 12.7. The molecule has 2 rings (SSSR count). The number of hydrogen-bond donors (Lipinski definition) is 1. The Balaban J connectivity index is 2.31. The average molecular weight is 325 g/mol. The van der Waals surface area contributed by atoms with Crippen LogP contribution in [-0.4, -0.2) is 57.4 Å². The van der Waals surface area contributed by atoms with E-state index in [1.165, 1.54) is 12.1 Å². The van der Waals surface area contributed by atoms with Crippen LogP contribution in [0.15, 0.2) is 23.1 Å². The molecule has 0 radical (unpaired) electrons. The Morgan fingerprint density at radius 1 is 1.32 bits per heavy atom. The predicted octanol–water partition coefficient (Wildman–Crippen LogP) is 0.665. The van der Waals surface area contributed by atoms with Gasteiger partial charge in [0.1, 0.15) is 0 Å². The van der Waals surface area contributed by atoms with Crippen LogP contribution in [-0.2, 0) is 10.0 Å². The van der Waals surface area contributed by atoms with Crippen molar-refractivity contribution in [3.05, 3.63) is 29.3 Å². The molecular formula is C15H23N3O3S. The molecule has 0 aliphatic carbocycles. The Morgan fingerprint density at radius 2 is 1.95 bits per heavy atom. The Labute approximate surface area is 131 Å². The third-order valence-electron chi connectivity index (χ3n) is 4.29. The maximum absolute atomic E-state index is 12.7. The molecule has 1 heterocycles. The first-order chi connectivity index (χ1) is 10.1. The molecule has 1 aliphatic rings. The highest BCUT2D eigenvalue weighted by molar-refractivity contribution is 7.89. The first kappa shape index (κ1) is 16.9. The summed E-state index contributed by atoms with van der Waals surface area (Å²) in [6, 6.07) is 4.73. The second-order valence-electron chi connectivity index (χ2n) is 6.24. The van der Waals surface area contributed by atoms with Gasteiger partial charge in [-0.05, 0) is 44.6 Å². The summed E-state index contributed by atoms with van der Waals surface area (Å²) in [5.74, 6) is 0.236. The van der Waals surface area contributed by atoms with Crippen molar-refractivity contribution in [2.45, 2.75) is 24.8 Å². The van der Waals surface area contributed by atoms with E-state index in [0.717, 1.165) is 5.56 Å². The number of nitrogens with two attached hydrogens (primary N) is 1. The van der Waals surface area contributed by atoms with Gasteiger partial charge in [-0.3, -0.25) is 4.79 Å². The zero-order valence-electron chi connectivity index (χ0n) is 13.4. The number of carbonyl (C=O) groups excluding carboxylic acids is 1. The number of hydrogen-bond acceptors (Lipinski definition) is 4. The number of rotatable bonds is 3. The van der Waals surface area contributed by atoms with Gasteiger partial charge in [0.05, 0.1) is 4.90 Å². The van der Waals surface area contributed by atoms with Gasteiger partial charge in [-0.25, -0.2) is 13.6 Å². The Bertz CT molecular complexity index is 685. The molecule has 22 heavy (non-hydrogen) atoms. The van der Waals surface area contributed by atoms with Crippen LogP contribution in [0.2, 0.25) is 0 Å². The summed E-state index contributed by atoms with van der Waals surface area (Å²) in [5.41, 5.74) is 1.15. The first-order valence-electron chi connectivity index (χ1n) is 7.20. The molecule has 1 aromatic carbocycles. The lowest BCUT2D eigenvalue weighted by atomic mass is 10.1. The van der Waals surface area contributed by atoms with E-state index in [0.29, 0.717) is 30.6 Å². The van der Waals surface area contributed by atoms with Crippen molar-refractivity contribution >= 4 is 15.9 Å². The van der Waals surface area contributed by atoms with Gasteiger partial charge in [0.15, 0.2) is 0 Å². The van der Waals surface area contributed by atoms with Gasteiger partial charge in [0, 0.05) is 24.7 Å². The lowest BCUT2D eigenvalue weighted by molar-refractivity contribution is 0.0780. The summed E-state index contributed by atoms with van der Waals surface area (Å²) in [5, 5.41) is 5.15. The lowest BCUT2D eigenvalue weighted by Gasteiger charge is -2.22. The summed E-state index contributed by atoms with van der Waals surface area (Å²) in [6.07, 6.45) is 0. The van der Waals surface area contributed by atoms with Crippen LogP contribution >= 0.6 is 0 Å². The van der Waals surface area contributed by atoms with Crippen molar-refractivity contribution in [2.24, 2.45) is 11.1 Å². The molecule has 2 unspecified atom stereocenters. The van der Waals surface area contributed by atoms with Crippen LogP contribution in [0, 0.1) is 12.8 Å². The van der Waals surface area contributed by atoms with Crippen molar-refractivity contribution in [3.8, 4) is 0 Å². The highest BCUT2D eigenvalue weighted by Crippen LogP contribution is 2.24. The first-order valence-corrected chi connectivity index (χ1v) is 8.75. The largest absolute Gasteiger partial charge is 0.337 e. The van der Waals surface area contributed by atoms with Gasteiger partial charge in [0.2, 0.25) is 10.0 Å². The fraction of sp³-hybridized carbons (Fsp3) is 0.533. The number of aryl methyl sites for hydroxylation is 1. The topological polar surface area (TPSA) is 83.7 Å². The van der Waals surface area contributed by atoms with Crippen molar-refractivity contribution in [1.82, 2.24) is 9.80 Å². The number of likely N-dealkylation sites (N-methyl/N-ethyl adjacent to an activating group) is 1. The minimum atomic E-state index is -3.81. The minimum Gasteiger partial charge on any atom is -0.337 e. The zero-order chi connectivity index (χ0) is 16.7. The summed E-state index contributed by atoms with van der Waals surface area (Å²) in [4.78, 5) is 16.6. The van der Waals surface area contributed by atoms with E-state index in [4.69, 9.17) is 5.14 Å². The summed E-state index contributed by atoms with van der Waals surface area (Å²) in [7, 11) is 0.191. The van der Waals surface area contributed by atoms with Crippen molar-refractivity contribution in [1.29, 1.82) is 0 Å². The number of benzene rings is 1. The highest BCUT2D eigenvalue weighted by atomic mass is 32.2. The number of sulfonamides is 1. The summed E-state index contributed by atoms with van der Waals surface area (Å²) < 4.78 is 23.0. The van der Waals surface area contributed by atoms with Crippen LogP contribution in [0.1, 0.15) is 22.8 Å². The molecule has 0 aromatic heterocycles. The van der Waals surface area contributed by atoms with Crippen molar-refractivity contribution in [3.63, 3.8) is 0 Å². The van der Waals surface area contributed by atoms with Gasteiger partial charge in [-0.15, -0.1) is 0 Å². The summed E-state index contributed by atoms with van der Waals surface area (Å²) >= 11 is 0. The average Bonchev–Trinajstić information content (AvgIpc) is 2.79. The van der Waals surface area contributed by atoms with Crippen LogP contribution in [0.4, 0.5) is 0 Å². The third kappa shape index (κ3) is 3.31. The second kappa shape index (κ2) is 5.98. The molecule has 1 amide bonds. The van der Waals surface area contributed by atoms with Crippen molar-refractivity contribution < 1.29 is 13.2 Å². The minimum absolute atomic E-state index is 0.0298. The van der Waals surface area contributed by atoms with Crippen LogP contribution < -0.4 is 5.14 Å². The van der Waals surface area contributed by atoms with Crippen LogP contribution in [0.25, 0.3) is 0 Å². The van der Waals surface area contributed by atoms with Crippen LogP contribution in [0.3, 0.4) is 0 Å². The Kier molecular flexibility index (Phi) is 4.60. The molecule has 0 spiro atoms. The highest BCUT2D eigenvalue weighted by Gasteiger charge is 2.34. The molecule has 2 atom stereocenters. The van der Waals surface area contributed by atoms with Gasteiger partial charge < -0.3 is 9.80 Å². The molecule has 0 saturated carbocycles. The van der Waals surface area contributed by atoms with Gasteiger partial charge in [-0.1, -0.05) is 13.0 Å². The molecule has 1 saturated heterocycles. The molecule has 122 valence electrons. The van der Waals surface area contributed by atoms with Crippen molar-refractivity contribution in [2.75, 3.05) is 27.2 Å². The standard InChI is InChI=1S/C15H23N3O3S/c1-10-5-6-12(22(16,20)21)7-13(10)15(19)18-8-11(2)14(9-18)17(3)4/h5-7,11,14H,8-9H2,1-4H3,(H2,16,20,21). The number of primary sulfonamides is 1. The molecule has 7 heteroatoms. The number of amides is 1. The Hall–Kier alpha value is -1.44. The third-order valence-corrected chi connectivity index (χ3v) is 5.20. The van der Waals surface area contributed by atoms with E-state index in [-0.39, 0.29) is 10.8 Å². The van der Waals surface area contributed by atoms with Gasteiger partial charge in [0.25, 0.3) is 5.91 Å². The SMILES string of the molecule is Cc1ccc(S(N)(=O)=O)cc1C(=O)N1CC(C)C(N(C)C)C1. The fourth-order valence-corrected chi connectivity index (χ4v) is 3.51. The maximum Gasteiger partial charge on any atom is 0.254 e. The van der Waals surface area contributed by atoms with E-state index in [9.17, 15) is 13.2 Å². The predicted molar refractivity (Wildman–Crippen MR) is 85.1 cm³/mol. The number of likely N-dealkylation sites (tertiary alicyclic amines) is 1. The molecular weight excluding hydrogens is 302 g/mol. The Morgan fingerprint density at radius 3 is 2.45 bits per heavy atom. The quantitative estimate of drug-likeness (QED) is 0.885. The van der Waals surface area contributed by atoms with E-state index >= 15 is 0 Å². The molecule has 1 fully saturated rings. The number of nitrogens with zero attached hydrogens (tertiary/aromatic N) is 2. The molecule has 2 N–H and O–H groups in total. The second-order valence-corrected chi connectivity index (χ2v) is 7.80. The monoisotopic (exact) mass is 325 g/mol.